The molecule has 1 aromatic carbocycles. The lowest BCUT2D eigenvalue weighted by Crippen LogP contribution is -2.50. The molecule has 0 aliphatic carbocycles. The maximum atomic E-state index is 8.99. The van der Waals surface area contributed by atoms with Crippen molar-refractivity contribution in [2.75, 3.05) is 0 Å². The van der Waals surface area contributed by atoms with Gasteiger partial charge in [-0.1, -0.05) is 12.1 Å². The zero-order chi connectivity index (χ0) is 14.7. The third-order valence-electron chi connectivity index (χ3n) is 2.21. The van der Waals surface area contributed by atoms with E-state index in [1.54, 1.807) is 6.07 Å². The molecule has 0 saturated heterocycles. The normalized spacial score (nSPS) is 12.1. The van der Waals surface area contributed by atoms with Crippen molar-refractivity contribution in [1.82, 2.24) is 0 Å². The molecule has 0 spiro atoms. The Morgan fingerprint density at radius 1 is 1.00 bits per heavy atom. The maximum Gasteiger partial charge on any atom is 0.472 e. The highest BCUT2D eigenvalue weighted by Gasteiger charge is 2.32. The maximum absolute atomic E-state index is 8.99. The molecule has 6 heteroatoms. The first-order valence-corrected chi connectivity index (χ1v) is 13.3. The molecule has 3 nitrogen and oxygen atoms in total. The predicted molar refractivity (Wildman–Crippen MR) is 85.4 cm³/mol. The highest BCUT2D eigenvalue weighted by molar-refractivity contribution is 6.85. The first kappa shape index (κ1) is 16.2. The van der Waals surface area contributed by atoms with Gasteiger partial charge in [0, 0.05) is 0 Å². The summed E-state index contributed by atoms with van der Waals surface area (Å²) in [6, 6.07) is 9.65. The van der Waals surface area contributed by atoms with Crippen LogP contribution in [0, 0.1) is 11.3 Å². The lowest BCUT2D eigenvalue weighted by atomic mass is 9.79. The van der Waals surface area contributed by atoms with E-state index in [0.29, 0.717) is 5.56 Å². The van der Waals surface area contributed by atoms with Crippen LogP contribution < -0.4 is 5.46 Å². The van der Waals surface area contributed by atoms with E-state index in [4.69, 9.17) is 13.9 Å². The van der Waals surface area contributed by atoms with Gasteiger partial charge in [-0.25, -0.2) is 0 Å². The molecule has 0 radical (unpaired) electrons. The van der Waals surface area contributed by atoms with Crippen molar-refractivity contribution in [3.05, 3.63) is 29.8 Å². The molecular weight excluding hydrogens is 269 g/mol. The molecule has 0 atom stereocenters. The van der Waals surface area contributed by atoms with Crippen LogP contribution in [0.3, 0.4) is 0 Å². The average molecular weight is 291 g/mol. The fourth-order valence-corrected chi connectivity index (χ4v) is 3.31. The van der Waals surface area contributed by atoms with Gasteiger partial charge in [-0.2, -0.15) is 5.26 Å². The Kier molecular flexibility index (Phi) is 5.16. The number of nitrogens with zero attached hydrogens (tertiary/aromatic N) is 1. The van der Waals surface area contributed by atoms with Gasteiger partial charge in [-0.05, 0) is 56.9 Å². The van der Waals surface area contributed by atoms with E-state index in [1.165, 1.54) is 0 Å². The van der Waals surface area contributed by atoms with Gasteiger partial charge in [0.05, 0.1) is 11.6 Å². The highest BCUT2D eigenvalue weighted by Crippen LogP contribution is 2.12. The fraction of sp³-hybridized carbons (Fsp3) is 0.462. The quantitative estimate of drug-likeness (QED) is 0.783. The van der Waals surface area contributed by atoms with E-state index < -0.39 is 16.6 Å². The molecule has 0 bridgehead atoms. The molecule has 0 unspecified atom stereocenters. The minimum absolute atomic E-state index is 0.355. The summed E-state index contributed by atoms with van der Waals surface area (Å²) in [4.78, 5) is 0. The van der Waals surface area contributed by atoms with Crippen molar-refractivity contribution >= 4 is 29.2 Å². The molecule has 0 amide bonds. The molecule has 102 valence electrons. The molecule has 0 aliphatic heterocycles. The lowest BCUT2D eigenvalue weighted by Gasteiger charge is -2.29. The van der Waals surface area contributed by atoms with Gasteiger partial charge in [0.25, 0.3) is 0 Å². The predicted octanol–water partition coefficient (Wildman–Crippen LogP) is 2.96. The average Bonchev–Trinajstić information content (AvgIpc) is 2.24. The van der Waals surface area contributed by atoms with E-state index in [1.807, 2.05) is 18.2 Å². The Morgan fingerprint density at radius 3 is 1.95 bits per heavy atom. The van der Waals surface area contributed by atoms with Gasteiger partial charge in [0.2, 0.25) is 0 Å². The number of benzene rings is 1. The van der Waals surface area contributed by atoms with Crippen LogP contribution >= 0.6 is 0 Å². The van der Waals surface area contributed by atoms with Gasteiger partial charge in [0.15, 0.2) is 16.6 Å². The summed E-state index contributed by atoms with van der Waals surface area (Å²) in [5.41, 5.74) is 1.57. The van der Waals surface area contributed by atoms with E-state index in [0.717, 1.165) is 5.46 Å². The van der Waals surface area contributed by atoms with Crippen molar-refractivity contribution in [3.8, 4) is 6.07 Å². The first-order chi connectivity index (χ1) is 8.61. The standard InChI is InChI=1S/C13H22BNO2Si2/c1-18(2,3)16-14(17-19(4,5)6)13-9-7-8-12(10-13)11-15/h7-10H,1-6H3. The van der Waals surface area contributed by atoms with Gasteiger partial charge in [0.1, 0.15) is 0 Å². The second-order valence-corrected chi connectivity index (χ2v) is 15.5. The van der Waals surface area contributed by atoms with Gasteiger partial charge < -0.3 is 8.69 Å². The lowest BCUT2D eigenvalue weighted by molar-refractivity contribution is 0.436. The smallest absolute Gasteiger partial charge is 0.450 e. The SMILES string of the molecule is C[Si](C)(C)OB(O[Si](C)(C)C)c1cccc(C#N)c1. The molecule has 0 aliphatic rings. The fourth-order valence-electron chi connectivity index (χ4n) is 1.56. The number of hydrogen-bond donors (Lipinski definition) is 0. The molecule has 0 fully saturated rings. The van der Waals surface area contributed by atoms with Crippen LogP contribution in [0.15, 0.2) is 24.3 Å². The van der Waals surface area contributed by atoms with Crippen LogP contribution in [0.5, 0.6) is 0 Å². The van der Waals surface area contributed by atoms with Crippen molar-refractivity contribution < 1.29 is 8.69 Å². The summed E-state index contributed by atoms with van der Waals surface area (Å²) in [6.07, 6.45) is 0. The zero-order valence-electron chi connectivity index (χ0n) is 12.7. The monoisotopic (exact) mass is 291 g/mol. The van der Waals surface area contributed by atoms with Crippen LogP contribution in [0.2, 0.25) is 39.3 Å². The van der Waals surface area contributed by atoms with Crippen molar-refractivity contribution in [2.24, 2.45) is 0 Å². The molecule has 1 rings (SSSR count). The van der Waals surface area contributed by atoms with Crippen LogP contribution in [-0.4, -0.2) is 23.8 Å². The molecule has 19 heavy (non-hydrogen) atoms. The third-order valence-corrected chi connectivity index (χ3v) is 4.05. The van der Waals surface area contributed by atoms with Gasteiger partial charge >= 0.3 is 7.12 Å². The van der Waals surface area contributed by atoms with Crippen molar-refractivity contribution in [2.45, 2.75) is 39.3 Å². The largest absolute Gasteiger partial charge is 0.472 e. The number of hydrogen-bond acceptors (Lipinski definition) is 3. The highest BCUT2D eigenvalue weighted by atomic mass is 28.4. The van der Waals surface area contributed by atoms with Crippen LogP contribution in [0.25, 0.3) is 0 Å². The molecule has 0 aromatic heterocycles. The second kappa shape index (κ2) is 6.05. The van der Waals surface area contributed by atoms with Crippen LogP contribution in [-0.2, 0) is 8.69 Å². The molecule has 1 aromatic rings. The summed E-state index contributed by atoms with van der Waals surface area (Å²) in [5, 5.41) is 8.99. The minimum Gasteiger partial charge on any atom is -0.450 e. The molecule has 0 N–H and O–H groups in total. The molecule has 0 saturated carbocycles. The van der Waals surface area contributed by atoms with E-state index in [2.05, 4.69) is 45.4 Å². The second-order valence-electron chi connectivity index (χ2n) is 6.53. The Balaban J connectivity index is 3.05. The summed E-state index contributed by atoms with van der Waals surface area (Å²) in [6.45, 7) is 12.8. The Hall–Kier alpha value is -0.871. The molecule has 0 heterocycles. The van der Waals surface area contributed by atoms with E-state index in [-0.39, 0.29) is 7.12 Å². The van der Waals surface area contributed by atoms with Crippen LogP contribution in [0.1, 0.15) is 5.56 Å². The summed E-state index contributed by atoms with van der Waals surface area (Å²) in [5.74, 6) is 0. The van der Waals surface area contributed by atoms with Gasteiger partial charge in [-0.3, -0.25) is 0 Å². The Morgan fingerprint density at radius 2 is 1.53 bits per heavy atom. The van der Waals surface area contributed by atoms with Crippen LogP contribution in [0.4, 0.5) is 0 Å². The Bertz CT molecular complexity index is 459. The summed E-state index contributed by atoms with van der Waals surface area (Å²) < 4.78 is 12.3. The third kappa shape index (κ3) is 6.21. The minimum atomic E-state index is -1.72. The number of rotatable bonds is 5. The van der Waals surface area contributed by atoms with E-state index in [9.17, 15) is 0 Å². The summed E-state index contributed by atoms with van der Waals surface area (Å²) >= 11 is 0. The summed E-state index contributed by atoms with van der Waals surface area (Å²) in [7, 11) is -3.79. The van der Waals surface area contributed by atoms with E-state index >= 15 is 0 Å². The van der Waals surface area contributed by atoms with Crippen molar-refractivity contribution in [1.29, 1.82) is 5.26 Å². The van der Waals surface area contributed by atoms with Crippen molar-refractivity contribution in [3.63, 3.8) is 0 Å². The zero-order valence-corrected chi connectivity index (χ0v) is 14.7. The molecular formula is C13H22BNO2Si2. The first-order valence-electron chi connectivity index (χ1n) is 6.46. The Labute approximate surface area is 119 Å². The van der Waals surface area contributed by atoms with Gasteiger partial charge in [-0.15, -0.1) is 0 Å². The number of nitriles is 1. The topological polar surface area (TPSA) is 42.2 Å².